The van der Waals surface area contributed by atoms with Crippen molar-refractivity contribution in [3.63, 3.8) is 0 Å². The number of ether oxygens (including phenoxy) is 1. The number of methoxy groups -OCH3 is 1. The Morgan fingerprint density at radius 1 is 1.00 bits per heavy atom. The summed E-state index contributed by atoms with van der Waals surface area (Å²) < 4.78 is 5.67. The monoisotopic (exact) mass is 502 g/mol. The second-order valence-corrected chi connectivity index (χ2v) is 9.87. The minimum absolute atomic E-state index is 0.0795. The number of rotatable bonds is 8. The predicted octanol–water partition coefficient (Wildman–Crippen LogP) is 3.91. The van der Waals surface area contributed by atoms with Gasteiger partial charge in [0.05, 0.1) is 24.4 Å². The number of carbonyl (C=O) groups excluding carboxylic acids is 1. The lowest BCUT2D eigenvalue weighted by molar-refractivity contribution is 0.0370. The first kappa shape index (κ1) is 25.0. The van der Waals surface area contributed by atoms with E-state index < -0.39 is 10.9 Å². The smallest absolute Gasteiger partial charge is 0.257 e. The number of hydrogen-bond donors (Lipinski definition) is 2. The summed E-state index contributed by atoms with van der Waals surface area (Å²) in [4.78, 5) is 43.0. The van der Waals surface area contributed by atoms with Gasteiger partial charge in [0, 0.05) is 25.7 Å². The van der Waals surface area contributed by atoms with Crippen molar-refractivity contribution in [1.82, 2.24) is 9.80 Å². The lowest BCUT2D eigenvalue weighted by atomic mass is 9.99. The van der Waals surface area contributed by atoms with Crippen LogP contribution in [0.4, 0.5) is 17.1 Å². The van der Waals surface area contributed by atoms with Crippen molar-refractivity contribution in [2.45, 2.75) is 44.7 Å². The highest BCUT2D eigenvalue weighted by molar-refractivity contribution is 5.99. The number of anilines is 3. The first-order valence-corrected chi connectivity index (χ1v) is 13.1. The van der Waals surface area contributed by atoms with Gasteiger partial charge < -0.3 is 20.3 Å². The number of para-hydroxylation sites is 1. The van der Waals surface area contributed by atoms with Crippen LogP contribution in [0.15, 0.2) is 58.1 Å². The summed E-state index contributed by atoms with van der Waals surface area (Å²) in [5.74, 6) is 0.289. The lowest BCUT2D eigenvalue weighted by Crippen LogP contribution is -2.56. The molecule has 5 rings (SSSR count). The molecule has 2 aliphatic heterocycles. The van der Waals surface area contributed by atoms with Gasteiger partial charge in [0.15, 0.2) is 5.75 Å². The number of nitrogens with zero attached hydrogens (tertiary/aromatic N) is 2. The van der Waals surface area contributed by atoms with Crippen LogP contribution < -0.4 is 26.2 Å². The third-order valence-electron chi connectivity index (χ3n) is 7.67. The summed E-state index contributed by atoms with van der Waals surface area (Å²) in [6.07, 6.45) is 4.28. The standard InChI is InChI=1S/C29H34N4O4/c1-3-22(19-10-5-4-6-11-19)30-24-25(27(35)26(24)34)31-23-14-9-13-21(28(23)37-2)29(36)33-17-16-32-15-8-7-12-20(32)18-33/h4-6,9-11,13-14,20,22,30-31H,3,7-8,12,15-18H2,1-2H3. The van der Waals surface area contributed by atoms with Crippen molar-refractivity contribution in [2.75, 3.05) is 43.9 Å². The van der Waals surface area contributed by atoms with Gasteiger partial charge >= 0.3 is 0 Å². The Morgan fingerprint density at radius 2 is 1.78 bits per heavy atom. The summed E-state index contributed by atoms with van der Waals surface area (Å²) in [6, 6.07) is 15.4. The SMILES string of the molecule is CCC(Nc1c(Nc2cccc(C(=O)N3CCN4CCCCC4C3)c2OC)c(=O)c1=O)c1ccccc1. The van der Waals surface area contributed by atoms with E-state index in [-0.39, 0.29) is 23.3 Å². The molecule has 0 radical (unpaired) electrons. The number of hydrogen-bond acceptors (Lipinski definition) is 7. The van der Waals surface area contributed by atoms with E-state index in [1.165, 1.54) is 20.0 Å². The molecule has 1 amide bonds. The molecular formula is C29H34N4O4. The van der Waals surface area contributed by atoms with E-state index in [1.54, 1.807) is 18.2 Å². The molecule has 0 bridgehead atoms. The number of benzene rings is 2. The Hall–Kier alpha value is -3.65. The molecule has 0 spiro atoms. The van der Waals surface area contributed by atoms with Gasteiger partial charge in [-0.05, 0) is 43.5 Å². The molecule has 2 atom stereocenters. The zero-order chi connectivity index (χ0) is 25.9. The molecule has 2 saturated heterocycles. The Bertz CT molecular complexity index is 1330. The second kappa shape index (κ2) is 10.8. The maximum atomic E-state index is 13.6. The first-order valence-electron chi connectivity index (χ1n) is 13.1. The topological polar surface area (TPSA) is 91.0 Å². The maximum absolute atomic E-state index is 13.6. The van der Waals surface area contributed by atoms with Crippen molar-refractivity contribution < 1.29 is 9.53 Å². The molecule has 3 aromatic carbocycles. The Kier molecular flexibility index (Phi) is 7.28. The molecule has 0 saturated carbocycles. The highest BCUT2D eigenvalue weighted by atomic mass is 16.5. The fourth-order valence-corrected chi connectivity index (χ4v) is 5.60. The second-order valence-electron chi connectivity index (χ2n) is 9.87. The quantitative estimate of drug-likeness (QED) is 0.452. The van der Waals surface area contributed by atoms with E-state index >= 15 is 0 Å². The van der Waals surface area contributed by atoms with Gasteiger partial charge in [-0.1, -0.05) is 49.7 Å². The molecular weight excluding hydrogens is 468 g/mol. The van der Waals surface area contributed by atoms with Crippen molar-refractivity contribution in [3.05, 3.63) is 80.1 Å². The molecule has 0 aromatic heterocycles. The molecule has 8 nitrogen and oxygen atoms in total. The molecule has 2 aliphatic rings. The van der Waals surface area contributed by atoms with Crippen molar-refractivity contribution in [2.24, 2.45) is 0 Å². The van der Waals surface area contributed by atoms with Gasteiger partial charge in [-0.3, -0.25) is 19.3 Å². The van der Waals surface area contributed by atoms with Gasteiger partial charge in [-0.2, -0.15) is 0 Å². The van der Waals surface area contributed by atoms with E-state index in [0.29, 0.717) is 36.1 Å². The summed E-state index contributed by atoms with van der Waals surface area (Å²) in [7, 11) is 1.51. The zero-order valence-corrected chi connectivity index (χ0v) is 21.5. The fraction of sp³-hybridized carbons (Fsp3) is 0.414. The molecule has 194 valence electrons. The lowest BCUT2D eigenvalue weighted by Gasteiger charge is -2.44. The Balaban J connectivity index is 1.38. The van der Waals surface area contributed by atoms with Crippen LogP contribution in [0, 0.1) is 0 Å². The predicted molar refractivity (Wildman–Crippen MR) is 146 cm³/mol. The van der Waals surface area contributed by atoms with E-state index in [0.717, 1.165) is 31.5 Å². The molecule has 2 N–H and O–H groups in total. The van der Waals surface area contributed by atoms with Gasteiger partial charge in [0.1, 0.15) is 11.4 Å². The fourth-order valence-electron chi connectivity index (χ4n) is 5.60. The normalized spacial score (nSPS) is 18.8. The van der Waals surface area contributed by atoms with Gasteiger partial charge in [0.2, 0.25) is 0 Å². The third kappa shape index (κ3) is 4.85. The third-order valence-corrected chi connectivity index (χ3v) is 7.67. The summed E-state index contributed by atoms with van der Waals surface area (Å²) in [6.45, 7) is 5.41. The minimum Gasteiger partial charge on any atom is -0.494 e. The number of amides is 1. The number of nitrogens with one attached hydrogen (secondary N) is 2. The van der Waals surface area contributed by atoms with Crippen molar-refractivity contribution in [3.8, 4) is 5.75 Å². The minimum atomic E-state index is -0.586. The largest absolute Gasteiger partial charge is 0.494 e. The van der Waals surface area contributed by atoms with Crippen LogP contribution in [-0.4, -0.2) is 55.0 Å². The Labute approximate surface area is 216 Å². The van der Waals surface area contributed by atoms with Crippen molar-refractivity contribution >= 4 is 23.0 Å². The van der Waals surface area contributed by atoms with Crippen LogP contribution in [0.1, 0.15) is 54.6 Å². The summed E-state index contributed by atoms with van der Waals surface area (Å²) in [5, 5.41) is 6.34. The number of carbonyl (C=O) groups is 1. The van der Waals surface area contributed by atoms with E-state index in [4.69, 9.17) is 4.74 Å². The van der Waals surface area contributed by atoms with Gasteiger partial charge in [0.25, 0.3) is 16.8 Å². The van der Waals surface area contributed by atoms with Crippen LogP contribution in [0.3, 0.4) is 0 Å². The van der Waals surface area contributed by atoms with Gasteiger partial charge in [-0.25, -0.2) is 0 Å². The van der Waals surface area contributed by atoms with Crippen LogP contribution in [0.5, 0.6) is 5.75 Å². The average molecular weight is 503 g/mol. The highest BCUT2D eigenvalue weighted by Gasteiger charge is 2.33. The van der Waals surface area contributed by atoms with Gasteiger partial charge in [-0.15, -0.1) is 0 Å². The zero-order valence-electron chi connectivity index (χ0n) is 21.5. The molecule has 8 heteroatoms. The maximum Gasteiger partial charge on any atom is 0.257 e. The number of piperazine rings is 1. The van der Waals surface area contributed by atoms with Crippen LogP contribution >= 0.6 is 0 Å². The van der Waals surface area contributed by atoms with E-state index in [2.05, 4.69) is 15.5 Å². The molecule has 3 aromatic rings. The molecule has 2 heterocycles. The van der Waals surface area contributed by atoms with Crippen LogP contribution in [0.2, 0.25) is 0 Å². The molecule has 37 heavy (non-hydrogen) atoms. The van der Waals surface area contributed by atoms with Crippen LogP contribution in [-0.2, 0) is 0 Å². The Morgan fingerprint density at radius 3 is 2.54 bits per heavy atom. The summed E-state index contributed by atoms with van der Waals surface area (Å²) in [5.41, 5.74) is 1.28. The van der Waals surface area contributed by atoms with E-state index in [9.17, 15) is 14.4 Å². The first-order chi connectivity index (χ1) is 18.0. The molecule has 2 unspecified atom stereocenters. The van der Waals surface area contributed by atoms with E-state index in [1.807, 2.05) is 42.2 Å². The molecule has 0 aliphatic carbocycles. The summed E-state index contributed by atoms with van der Waals surface area (Å²) >= 11 is 0. The van der Waals surface area contributed by atoms with Crippen LogP contribution in [0.25, 0.3) is 0 Å². The highest BCUT2D eigenvalue weighted by Crippen LogP contribution is 2.35. The molecule has 2 fully saturated rings. The number of piperidine rings is 1. The average Bonchev–Trinajstić information content (AvgIpc) is 2.96. The number of fused-ring (bicyclic) bond motifs is 1. The van der Waals surface area contributed by atoms with Crippen molar-refractivity contribution in [1.29, 1.82) is 0 Å².